The van der Waals surface area contributed by atoms with Gasteiger partial charge >= 0.3 is 0 Å². The Kier molecular flexibility index (Phi) is 3.71. The minimum Gasteiger partial charge on any atom is -0.396 e. The minimum absolute atomic E-state index is 0.415. The summed E-state index contributed by atoms with van der Waals surface area (Å²) in [7, 11) is 0. The highest BCUT2D eigenvalue weighted by atomic mass is 15.0. The van der Waals surface area contributed by atoms with Crippen molar-refractivity contribution < 1.29 is 0 Å². The number of hydrogen-bond acceptors (Lipinski definition) is 4. The Hall–Kier alpha value is -1.45. The van der Waals surface area contributed by atoms with Gasteiger partial charge < -0.3 is 16.8 Å². The quantitative estimate of drug-likeness (QED) is 0.751. The number of aromatic nitrogens is 1. The highest BCUT2D eigenvalue weighted by molar-refractivity contribution is 5.61. The van der Waals surface area contributed by atoms with Crippen LogP contribution in [0.5, 0.6) is 0 Å². The molecule has 1 aliphatic rings. The average molecular weight is 234 g/mol. The number of rotatable bonds is 3. The lowest BCUT2D eigenvalue weighted by molar-refractivity contribution is 0.327. The van der Waals surface area contributed by atoms with Crippen molar-refractivity contribution in [3.05, 3.63) is 12.1 Å². The monoisotopic (exact) mass is 234 g/mol. The zero-order valence-corrected chi connectivity index (χ0v) is 10.4. The van der Waals surface area contributed by atoms with Crippen LogP contribution in [0.4, 0.5) is 17.3 Å². The van der Waals surface area contributed by atoms with Crippen LogP contribution in [0.1, 0.15) is 39.0 Å². The number of nitrogen functional groups attached to an aromatic ring is 2. The summed E-state index contributed by atoms with van der Waals surface area (Å²) in [5.74, 6) is 2.11. The molecule has 2 atom stereocenters. The zero-order valence-electron chi connectivity index (χ0n) is 10.4. The lowest BCUT2D eigenvalue weighted by Crippen LogP contribution is -2.27. The van der Waals surface area contributed by atoms with Gasteiger partial charge in [-0.3, -0.25) is 0 Å². The van der Waals surface area contributed by atoms with Gasteiger partial charge in [0.2, 0.25) is 0 Å². The number of hydrogen-bond donors (Lipinski definition) is 3. The van der Waals surface area contributed by atoms with E-state index in [9.17, 15) is 0 Å². The number of nitrogens with one attached hydrogen (secondary N) is 1. The first-order valence-electron chi connectivity index (χ1n) is 6.47. The van der Waals surface area contributed by atoms with Crippen LogP contribution in [0.3, 0.4) is 0 Å². The van der Waals surface area contributed by atoms with Crippen molar-refractivity contribution in [2.45, 2.75) is 45.1 Å². The first-order chi connectivity index (χ1) is 8.19. The molecule has 0 bridgehead atoms. The summed E-state index contributed by atoms with van der Waals surface area (Å²) in [6.45, 7) is 2.27. The molecular weight excluding hydrogens is 212 g/mol. The summed E-state index contributed by atoms with van der Waals surface area (Å²) in [5, 5.41) is 3.47. The van der Waals surface area contributed by atoms with E-state index in [1.165, 1.54) is 32.1 Å². The molecule has 2 rings (SSSR count). The molecule has 1 aromatic rings. The van der Waals surface area contributed by atoms with Gasteiger partial charge in [0.05, 0.1) is 5.69 Å². The van der Waals surface area contributed by atoms with E-state index in [0.29, 0.717) is 17.5 Å². The van der Waals surface area contributed by atoms with Crippen molar-refractivity contribution in [2.24, 2.45) is 5.92 Å². The highest BCUT2D eigenvalue weighted by Crippen LogP contribution is 2.28. The molecule has 94 valence electrons. The van der Waals surface area contributed by atoms with Crippen molar-refractivity contribution in [3.8, 4) is 0 Å². The molecule has 1 aromatic heterocycles. The predicted octanol–water partition coefficient (Wildman–Crippen LogP) is 2.63. The van der Waals surface area contributed by atoms with Crippen LogP contribution < -0.4 is 16.8 Å². The van der Waals surface area contributed by atoms with Gasteiger partial charge in [0.1, 0.15) is 11.6 Å². The molecule has 4 nitrogen and oxygen atoms in total. The van der Waals surface area contributed by atoms with Gasteiger partial charge in [-0.05, 0) is 30.9 Å². The molecule has 1 fully saturated rings. The van der Waals surface area contributed by atoms with Crippen LogP contribution in [0.15, 0.2) is 12.1 Å². The highest BCUT2D eigenvalue weighted by Gasteiger charge is 2.20. The van der Waals surface area contributed by atoms with Crippen molar-refractivity contribution in [3.63, 3.8) is 0 Å². The first-order valence-corrected chi connectivity index (χ1v) is 6.47. The Morgan fingerprint density at radius 1 is 1.35 bits per heavy atom. The zero-order chi connectivity index (χ0) is 12.3. The third-order valence-corrected chi connectivity index (χ3v) is 3.67. The standard InChI is InChI=1S/C13H22N4/c1-2-9-4-3-5-10(8-9)16-12-7-6-11(14)13(15)17-12/h6-7,9-10H,2-5,8,14H2,1H3,(H3,15,16,17). The normalized spacial score (nSPS) is 24.5. The molecule has 0 amide bonds. The van der Waals surface area contributed by atoms with E-state index >= 15 is 0 Å². The topological polar surface area (TPSA) is 77.0 Å². The van der Waals surface area contributed by atoms with E-state index in [1.54, 1.807) is 0 Å². The molecular formula is C13H22N4. The average Bonchev–Trinajstić information content (AvgIpc) is 2.34. The third kappa shape index (κ3) is 3.02. The van der Waals surface area contributed by atoms with Gasteiger partial charge in [-0.15, -0.1) is 0 Å². The maximum atomic E-state index is 5.70. The fraction of sp³-hybridized carbons (Fsp3) is 0.615. The maximum absolute atomic E-state index is 5.70. The minimum atomic E-state index is 0.415. The van der Waals surface area contributed by atoms with Crippen LogP contribution in [-0.4, -0.2) is 11.0 Å². The Bertz CT molecular complexity index is 378. The molecule has 1 aliphatic carbocycles. The second-order valence-corrected chi connectivity index (χ2v) is 4.95. The van der Waals surface area contributed by atoms with Crippen LogP contribution in [0.2, 0.25) is 0 Å². The van der Waals surface area contributed by atoms with E-state index in [2.05, 4.69) is 17.2 Å². The summed E-state index contributed by atoms with van der Waals surface area (Å²) in [4.78, 5) is 4.26. The molecule has 17 heavy (non-hydrogen) atoms. The van der Waals surface area contributed by atoms with E-state index < -0.39 is 0 Å². The lowest BCUT2D eigenvalue weighted by Gasteiger charge is -2.29. The molecule has 0 spiro atoms. The van der Waals surface area contributed by atoms with Crippen LogP contribution in [-0.2, 0) is 0 Å². The molecule has 0 saturated heterocycles. The molecule has 0 aromatic carbocycles. The van der Waals surface area contributed by atoms with E-state index in [1.807, 2.05) is 12.1 Å². The number of nitrogens with two attached hydrogens (primary N) is 2. The van der Waals surface area contributed by atoms with Crippen molar-refractivity contribution in [2.75, 3.05) is 16.8 Å². The second-order valence-electron chi connectivity index (χ2n) is 4.95. The summed E-state index contributed by atoms with van der Waals surface area (Å²) in [6, 6.07) is 4.25. The SMILES string of the molecule is CCC1CCCC(Nc2ccc(N)c(N)n2)C1. The smallest absolute Gasteiger partial charge is 0.149 e. The summed E-state index contributed by atoms with van der Waals surface area (Å²) < 4.78 is 0. The molecule has 1 heterocycles. The first kappa shape index (κ1) is 12.0. The molecule has 5 N–H and O–H groups in total. The van der Waals surface area contributed by atoms with Crippen LogP contribution in [0, 0.1) is 5.92 Å². The lowest BCUT2D eigenvalue weighted by atomic mass is 9.84. The van der Waals surface area contributed by atoms with Crippen molar-refractivity contribution in [1.82, 2.24) is 4.98 Å². The summed E-state index contributed by atoms with van der Waals surface area (Å²) >= 11 is 0. The Balaban J connectivity index is 1.97. The van der Waals surface area contributed by atoms with Gasteiger partial charge in [0, 0.05) is 6.04 Å². The summed E-state index contributed by atoms with van der Waals surface area (Å²) in [5.41, 5.74) is 11.9. The largest absolute Gasteiger partial charge is 0.396 e. The second kappa shape index (κ2) is 5.25. The molecule has 0 aliphatic heterocycles. The molecule has 1 saturated carbocycles. The number of pyridine rings is 1. The molecule has 4 heteroatoms. The summed E-state index contributed by atoms with van der Waals surface area (Å²) in [6.07, 6.45) is 6.41. The Morgan fingerprint density at radius 3 is 2.88 bits per heavy atom. The van der Waals surface area contributed by atoms with Crippen LogP contribution in [0.25, 0.3) is 0 Å². The van der Waals surface area contributed by atoms with Crippen LogP contribution >= 0.6 is 0 Å². The van der Waals surface area contributed by atoms with E-state index in [4.69, 9.17) is 11.5 Å². The Labute approximate surface area is 103 Å². The van der Waals surface area contributed by atoms with Crippen molar-refractivity contribution >= 4 is 17.3 Å². The van der Waals surface area contributed by atoms with Gasteiger partial charge in [-0.1, -0.05) is 26.2 Å². The van der Waals surface area contributed by atoms with Gasteiger partial charge in [0.25, 0.3) is 0 Å². The van der Waals surface area contributed by atoms with Crippen molar-refractivity contribution in [1.29, 1.82) is 0 Å². The van der Waals surface area contributed by atoms with E-state index in [0.717, 1.165) is 11.7 Å². The van der Waals surface area contributed by atoms with Gasteiger partial charge in [-0.25, -0.2) is 4.98 Å². The third-order valence-electron chi connectivity index (χ3n) is 3.67. The van der Waals surface area contributed by atoms with E-state index in [-0.39, 0.29) is 0 Å². The predicted molar refractivity (Wildman–Crippen MR) is 72.7 cm³/mol. The fourth-order valence-electron chi connectivity index (χ4n) is 2.57. The fourth-order valence-corrected chi connectivity index (χ4v) is 2.57. The molecule has 0 radical (unpaired) electrons. The number of anilines is 3. The number of nitrogens with zero attached hydrogens (tertiary/aromatic N) is 1. The molecule has 2 unspecified atom stereocenters. The van der Waals surface area contributed by atoms with Gasteiger partial charge in [-0.2, -0.15) is 0 Å². The maximum Gasteiger partial charge on any atom is 0.149 e. The van der Waals surface area contributed by atoms with Gasteiger partial charge in [0.15, 0.2) is 0 Å². The Morgan fingerprint density at radius 2 is 2.18 bits per heavy atom.